The van der Waals surface area contributed by atoms with Crippen LogP contribution in [0.2, 0.25) is 0 Å². The normalized spacial score (nSPS) is 11.0. The highest BCUT2D eigenvalue weighted by atomic mass is 32.2. The van der Waals surface area contributed by atoms with Crippen LogP contribution in [0.15, 0.2) is 53.4 Å². The smallest absolute Gasteiger partial charge is 0.262 e. The maximum atomic E-state index is 12.5. The van der Waals surface area contributed by atoms with Gasteiger partial charge < -0.3 is 14.8 Å². The van der Waals surface area contributed by atoms with E-state index in [1.165, 1.54) is 31.4 Å². The summed E-state index contributed by atoms with van der Waals surface area (Å²) in [6, 6.07) is 12.4. The minimum atomic E-state index is -3.79. The zero-order valence-electron chi connectivity index (χ0n) is 14.0. The molecule has 7 nitrogen and oxygen atoms in total. The molecule has 0 bridgehead atoms. The van der Waals surface area contributed by atoms with E-state index in [0.717, 1.165) is 0 Å². The first-order valence-electron chi connectivity index (χ1n) is 7.51. The molecule has 0 aromatic heterocycles. The van der Waals surface area contributed by atoms with E-state index < -0.39 is 10.0 Å². The number of nitrogens with one attached hydrogen (secondary N) is 2. The minimum Gasteiger partial charge on any atom is -0.495 e. The number of methoxy groups -OCH3 is 2. The van der Waals surface area contributed by atoms with E-state index >= 15 is 0 Å². The third kappa shape index (κ3) is 4.94. The summed E-state index contributed by atoms with van der Waals surface area (Å²) >= 11 is 0. The SMILES string of the molecule is COCCNC(=O)c1ccc(S(=O)(=O)Nc2ccccc2OC)cc1. The third-order valence-corrected chi connectivity index (χ3v) is 4.75. The summed E-state index contributed by atoms with van der Waals surface area (Å²) < 4.78 is 37.4. The molecule has 0 atom stereocenters. The Kier molecular flexibility index (Phi) is 6.37. The van der Waals surface area contributed by atoms with Gasteiger partial charge in [0, 0.05) is 19.2 Å². The van der Waals surface area contributed by atoms with Crippen LogP contribution in [0.5, 0.6) is 5.75 Å². The molecule has 2 aromatic carbocycles. The molecule has 0 radical (unpaired) electrons. The summed E-state index contributed by atoms with van der Waals surface area (Å²) in [5.41, 5.74) is 0.707. The van der Waals surface area contributed by atoms with Gasteiger partial charge in [-0.2, -0.15) is 0 Å². The van der Waals surface area contributed by atoms with Gasteiger partial charge >= 0.3 is 0 Å². The van der Waals surface area contributed by atoms with E-state index in [4.69, 9.17) is 9.47 Å². The number of rotatable bonds is 8. The van der Waals surface area contributed by atoms with Gasteiger partial charge in [0.1, 0.15) is 5.75 Å². The molecule has 0 aliphatic rings. The molecule has 25 heavy (non-hydrogen) atoms. The molecule has 0 aliphatic heterocycles. The molecule has 0 heterocycles. The molecule has 0 saturated heterocycles. The number of hydrogen-bond donors (Lipinski definition) is 2. The van der Waals surface area contributed by atoms with Gasteiger partial charge in [-0.25, -0.2) is 8.42 Å². The van der Waals surface area contributed by atoms with Gasteiger partial charge in [-0.1, -0.05) is 12.1 Å². The Hall–Kier alpha value is -2.58. The molecule has 2 aromatic rings. The molecule has 2 rings (SSSR count). The summed E-state index contributed by atoms with van der Waals surface area (Å²) in [6.07, 6.45) is 0. The maximum Gasteiger partial charge on any atom is 0.262 e. The van der Waals surface area contributed by atoms with Crippen molar-refractivity contribution in [2.75, 3.05) is 32.1 Å². The molecule has 0 unspecified atom stereocenters. The number of carbonyl (C=O) groups is 1. The highest BCUT2D eigenvalue weighted by Gasteiger charge is 2.17. The number of anilines is 1. The zero-order chi connectivity index (χ0) is 18.3. The average molecular weight is 364 g/mol. The zero-order valence-corrected chi connectivity index (χ0v) is 14.8. The lowest BCUT2D eigenvalue weighted by atomic mass is 10.2. The quantitative estimate of drug-likeness (QED) is 0.698. The summed E-state index contributed by atoms with van der Waals surface area (Å²) in [6.45, 7) is 0.784. The Morgan fingerprint density at radius 3 is 2.36 bits per heavy atom. The fraction of sp³-hybridized carbons (Fsp3) is 0.235. The van der Waals surface area contributed by atoms with E-state index in [1.54, 1.807) is 31.4 Å². The first kappa shape index (κ1) is 18.8. The largest absolute Gasteiger partial charge is 0.495 e. The molecule has 134 valence electrons. The maximum absolute atomic E-state index is 12.5. The van der Waals surface area contributed by atoms with Crippen LogP contribution in [-0.2, 0) is 14.8 Å². The highest BCUT2D eigenvalue weighted by Crippen LogP contribution is 2.26. The van der Waals surface area contributed by atoms with E-state index in [0.29, 0.717) is 30.2 Å². The van der Waals surface area contributed by atoms with Crippen LogP contribution in [0, 0.1) is 0 Å². The first-order valence-corrected chi connectivity index (χ1v) is 8.99. The number of ether oxygens (including phenoxy) is 2. The lowest BCUT2D eigenvalue weighted by Gasteiger charge is -2.12. The minimum absolute atomic E-state index is 0.0480. The van der Waals surface area contributed by atoms with Gasteiger partial charge in [0.15, 0.2) is 0 Å². The standard InChI is InChI=1S/C17H20N2O5S/c1-23-12-11-18-17(20)13-7-9-14(10-8-13)25(21,22)19-15-5-3-4-6-16(15)24-2/h3-10,19H,11-12H2,1-2H3,(H,18,20). The average Bonchev–Trinajstić information content (AvgIpc) is 2.62. The fourth-order valence-electron chi connectivity index (χ4n) is 2.09. The van der Waals surface area contributed by atoms with Gasteiger partial charge in [0.2, 0.25) is 0 Å². The number of para-hydroxylation sites is 2. The van der Waals surface area contributed by atoms with Gasteiger partial charge in [0.05, 0.1) is 24.3 Å². The number of amides is 1. The number of hydrogen-bond acceptors (Lipinski definition) is 5. The molecular weight excluding hydrogens is 344 g/mol. The Balaban J connectivity index is 2.13. The lowest BCUT2D eigenvalue weighted by Crippen LogP contribution is -2.26. The van der Waals surface area contributed by atoms with Gasteiger partial charge in [-0.3, -0.25) is 9.52 Å². The summed E-state index contributed by atoms with van der Waals surface area (Å²) in [5, 5.41) is 2.67. The van der Waals surface area contributed by atoms with Crippen molar-refractivity contribution in [1.82, 2.24) is 5.32 Å². The number of benzene rings is 2. The van der Waals surface area contributed by atoms with Gasteiger partial charge in [0.25, 0.3) is 15.9 Å². The third-order valence-electron chi connectivity index (χ3n) is 3.37. The van der Waals surface area contributed by atoms with Crippen molar-refractivity contribution in [3.63, 3.8) is 0 Å². The summed E-state index contributed by atoms with van der Waals surface area (Å²) in [4.78, 5) is 12.0. The number of carbonyl (C=O) groups excluding carboxylic acids is 1. The van der Waals surface area contributed by atoms with E-state index in [9.17, 15) is 13.2 Å². The number of sulfonamides is 1. The molecule has 0 aliphatic carbocycles. The van der Waals surface area contributed by atoms with Gasteiger partial charge in [-0.05, 0) is 36.4 Å². The van der Waals surface area contributed by atoms with Crippen molar-refractivity contribution < 1.29 is 22.7 Å². The highest BCUT2D eigenvalue weighted by molar-refractivity contribution is 7.92. The molecule has 8 heteroatoms. The summed E-state index contributed by atoms with van der Waals surface area (Å²) in [7, 11) is -0.786. The van der Waals surface area contributed by atoms with Crippen molar-refractivity contribution in [2.24, 2.45) is 0 Å². The van der Waals surface area contributed by atoms with Crippen molar-refractivity contribution in [3.05, 3.63) is 54.1 Å². The second kappa shape index (κ2) is 8.50. The van der Waals surface area contributed by atoms with Gasteiger partial charge in [-0.15, -0.1) is 0 Å². The Bertz CT molecular complexity index is 819. The Morgan fingerprint density at radius 2 is 1.72 bits per heavy atom. The fourth-order valence-corrected chi connectivity index (χ4v) is 3.16. The summed E-state index contributed by atoms with van der Waals surface area (Å²) in [5.74, 6) is 0.124. The topological polar surface area (TPSA) is 93.7 Å². The predicted molar refractivity (Wildman–Crippen MR) is 94.5 cm³/mol. The Morgan fingerprint density at radius 1 is 1.04 bits per heavy atom. The van der Waals surface area contributed by atoms with Crippen LogP contribution in [0.25, 0.3) is 0 Å². The van der Waals surface area contributed by atoms with E-state index in [1.807, 2.05) is 0 Å². The molecule has 0 fully saturated rings. The van der Waals surface area contributed by atoms with Crippen molar-refractivity contribution >= 4 is 21.6 Å². The van der Waals surface area contributed by atoms with Crippen LogP contribution in [0.1, 0.15) is 10.4 Å². The predicted octanol–water partition coefficient (Wildman–Crippen LogP) is 1.87. The molecule has 0 spiro atoms. The lowest BCUT2D eigenvalue weighted by molar-refractivity contribution is 0.0937. The van der Waals surface area contributed by atoms with E-state index in [2.05, 4.69) is 10.0 Å². The molecular formula is C17H20N2O5S. The second-order valence-electron chi connectivity index (χ2n) is 5.08. The molecule has 1 amide bonds. The monoisotopic (exact) mass is 364 g/mol. The first-order chi connectivity index (χ1) is 12.0. The van der Waals surface area contributed by atoms with E-state index in [-0.39, 0.29) is 10.8 Å². The Labute approximate surface area is 147 Å². The van der Waals surface area contributed by atoms with Crippen LogP contribution in [0.3, 0.4) is 0 Å². The van der Waals surface area contributed by atoms with Crippen molar-refractivity contribution in [2.45, 2.75) is 4.90 Å². The van der Waals surface area contributed by atoms with Crippen molar-refractivity contribution in [1.29, 1.82) is 0 Å². The van der Waals surface area contributed by atoms with Crippen LogP contribution < -0.4 is 14.8 Å². The van der Waals surface area contributed by atoms with Crippen LogP contribution in [-0.4, -0.2) is 41.7 Å². The molecule has 0 saturated carbocycles. The molecule has 2 N–H and O–H groups in total. The second-order valence-corrected chi connectivity index (χ2v) is 6.76. The van der Waals surface area contributed by atoms with Crippen LogP contribution >= 0.6 is 0 Å². The van der Waals surface area contributed by atoms with Crippen molar-refractivity contribution in [3.8, 4) is 5.75 Å². The van der Waals surface area contributed by atoms with Crippen LogP contribution in [0.4, 0.5) is 5.69 Å².